The van der Waals surface area contributed by atoms with Crippen molar-refractivity contribution in [3.05, 3.63) is 30.1 Å². The third kappa shape index (κ3) is 4.27. The van der Waals surface area contributed by atoms with E-state index in [4.69, 9.17) is 4.74 Å². The molecule has 2 unspecified atom stereocenters. The smallest absolute Gasteiger partial charge is 0.0521 e. The molecule has 4 nitrogen and oxygen atoms in total. The van der Waals surface area contributed by atoms with E-state index < -0.39 is 0 Å². The third-order valence-corrected chi connectivity index (χ3v) is 3.94. The first kappa shape index (κ1) is 14.4. The number of pyridine rings is 1. The SMILES string of the molecule is CCN(Cc1ccncc1)CC1COCCC1NC. The molecule has 1 aliphatic rings. The van der Waals surface area contributed by atoms with Crippen molar-refractivity contribution in [1.29, 1.82) is 0 Å². The summed E-state index contributed by atoms with van der Waals surface area (Å²) in [7, 11) is 2.06. The average molecular weight is 263 g/mol. The maximum Gasteiger partial charge on any atom is 0.0521 e. The molecule has 0 bridgehead atoms. The Morgan fingerprint density at radius 3 is 2.89 bits per heavy atom. The normalized spacial score (nSPS) is 23.7. The molecule has 2 atom stereocenters. The summed E-state index contributed by atoms with van der Waals surface area (Å²) in [4.78, 5) is 6.56. The van der Waals surface area contributed by atoms with Gasteiger partial charge in [0.1, 0.15) is 0 Å². The molecule has 0 amide bonds. The van der Waals surface area contributed by atoms with Crippen molar-refractivity contribution in [2.24, 2.45) is 5.92 Å². The van der Waals surface area contributed by atoms with E-state index in [1.807, 2.05) is 12.4 Å². The molecule has 0 spiro atoms. The van der Waals surface area contributed by atoms with Gasteiger partial charge < -0.3 is 10.1 Å². The largest absolute Gasteiger partial charge is 0.381 e. The van der Waals surface area contributed by atoms with Crippen LogP contribution in [0.25, 0.3) is 0 Å². The van der Waals surface area contributed by atoms with Crippen LogP contribution in [0.1, 0.15) is 18.9 Å². The van der Waals surface area contributed by atoms with Gasteiger partial charge in [0, 0.05) is 44.0 Å². The van der Waals surface area contributed by atoms with Gasteiger partial charge in [0.15, 0.2) is 0 Å². The first-order chi connectivity index (χ1) is 9.33. The molecular weight excluding hydrogens is 238 g/mol. The zero-order valence-electron chi connectivity index (χ0n) is 12.0. The van der Waals surface area contributed by atoms with E-state index in [1.165, 1.54) is 5.56 Å². The van der Waals surface area contributed by atoms with E-state index in [0.717, 1.165) is 39.3 Å². The number of hydrogen-bond acceptors (Lipinski definition) is 4. The predicted octanol–water partition coefficient (Wildman–Crippen LogP) is 1.53. The minimum Gasteiger partial charge on any atom is -0.381 e. The van der Waals surface area contributed by atoms with Crippen LogP contribution in [0.15, 0.2) is 24.5 Å². The number of nitrogens with one attached hydrogen (secondary N) is 1. The van der Waals surface area contributed by atoms with Crippen LogP contribution in [0.2, 0.25) is 0 Å². The van der Waals surface area contributed by atoms with Crippen LogP contribution in [0.5, 0.6) is 0 Å². The van der Waals surface area contributed by atoms with Crippen molar-refractivity contribution in [3.8, 4) is 0 Å². The Labute approximate surface area is 116 Å². The lowest BCUT2D eigenvalue weighted by Crippen LogP contribution is -2.46. The van der Waals surface area contributed by atoms with E-state index in [0.29, 0.717) is 12.0 Å². The van der Waals surface area contributed by atoms with Crippen LogP contribution in [-0.4, -0.2) is 49.3 Å². The number of aromatic nitrogens is 1. The zero-order chi connectivity index (χ0) is 13.5. The lowest BCUT2D eigenvalue weighted by molar-refractivity contribution is 0.0180. The molecule has 0 saturated carbocycles. The second-order valence-corrected chi connectivity index (χ2v) is 5.20. The number of ether oxygens (including phenoxy) is 1. The molecule has 2 heterocycles. The molecule has 1 fully saturated rings. The third-order valence-electron chi connectivity index (χ3n) is 3.94. The van der Waals surface area contributed by atoms with Crippen molar-refractivity contribution < 1.29 is 4.74 Å². The standard InChI is InChI=1S/C15H25N3O/c1-3-18(10-13-4-7-17-8-5-13)11-14-12-19-9-6-15(14)16-2/h4-5,7-8,14-16H,3,6,9-12H2,1-2H3. The molecule has 4 heteroatoms. The van der Waals surface area contributed by atoms with Gasteiger partial charge in [-0.3, -0.25) is 9.88 Å². The van der Waals surface area contributed by atoms with Gasteiger partial charge in [0.05, 0.1) is 6.61 Å². The van der Waals surface area contributed by atoms with Crippen LogP contribution in [-0.2, 0) is 11.3 Å². The topological polar surface area (TPSA) is 37.4 Å². The molecule has 1 aliphatic heterocycles. The lowest BCUT2D eigenvalue weighted by Gasteiger charge is -2.35. The fourth-order valence-electron chi connectivity index (χ4n) is 2.74. The highest BCUT2D eigenvalue weighted by Gasteiger charge is 2.25. The molecular formula is C15H25N3O. The van der Waals surface area contributed by atoms with Crippen molar-refractivity contribution in [2.45, 2.75) is 25.9 Å². The van der Waals surface area contributed by atoms with Gasteiger partial charge in [-0.25, -0.2) is 0 Å². The van der Waals surface area contributed by atoms with E-state index in [9.17, 15) is 0 Å². The van der Waals surface area contributed by atoms with E-state index in [2.05, 4.69) is 41.3 Å². The van der Waals surface area contributed by atoms with Gasteiger partial charge in [-0.15, -0.1) is 0 Å². The average Bonchev–Trinajstić information content (AvgIpc) is 2.48. The minimum absolute atomic E-state index is 0.584. The minimum atomic E-state index is 0.584. The van der Waals surface area contributed by atoms with Gasteiger partial charge in [-0.1, -0.05) is 6.92 Å². The molecule has 19 heavy (non-hydrogen) atoms. The fraction of sp³-hybridized carbons (Fsp3) is 0.667. The first-order valence-corrected chi connectivity index (χ1v) is 7.19. The monoisotopic (exact) mass is 263 g/mol. The van der Waals surface area contributed by atoms with E-state index >= 15 is 0 Å². The summed E-state index contributed by atoms with van der Waals surface area (Å²) in [6.07, 6.45) is 4.85. The highest BCUT2D eigenvalue weighted by atomic mass is 16.5. The Bertz CT molecular complexity index is 358. The Kier molecular flexibility index (Phi) is 5.76. The highest BCUT2D eigenvalue weighted by molar-refractivity contribution is 5.09. The lowest BCUT2D eigenvalue weighted by atomic mass is 9.95. The van der Waals surface area contributed by atoms with Crippen LogP contribution in [0.4, 0.5) is 0 Å². The first-order valence-electron chi connectivity index (χ1n) is 7.19. The second kappa shape index (κ2) is 7.58. The predicted molar refractivity (Wildman–Crippen MR) is 77.0 cm³/mol. The van der Waals surface area contributed by atoms with Crippen molar-refractivity contribution in [3.63, 3.8) is 0 Å². The summed E-state index contributed by atoms with van der Waals surface area (Å²) < 4.78 is 5.63. The molecule has 106 valence electrons. The summed E-state index contributed by atoms with van der Waals surface area (Å²) in [5.41, 5.74) is 1.33. The Balaban J connectivity index is 1.90. The van der Waals surface area contributed by atoms with Crippen LogP contribution in [0.3, 0.4) is 0 Å². The fourth-order valence-corrected chi connectivity index (χ4v) is 2.74. The molecule has 2 rings (SSSR count). The molecule has 1 N–H and O–H groups in total. The van der Waals surface area contributed by atoms with Gasteiger partial charge in [0.25, 0.3) is 0 Å². The number of hydrogen-bond donors (Lipinski definition) is 1. The van der Waals surface area contributed by atoms with Gasteiger partial charge in [0.2, 0.25) is 0 Å². The van der Waals surface area contributed by atoms with Crippen LogP contribution < -0.4 is 5.32 Å². The Hall–Kier alpha value is -0.970. The molecule has 1 aromatic heterocycles. The van der Waals surface area contributed by atoms with Gasteiger partial charge >= 0.3 is 0 Å². The Morgan fingerprint density at radius 2 is 2.21 bits per heavy atom. The highest BCUT2D eigenvalue weighted by Crippen LogP contribution is 2.17. The maximum atomic E-state index is 5.63. The quantitative estimate of drug-likeness (QED) is 0.844. The summed E-state index contributed by atoms with van der Waals surface area (Å²) in [5, 5.41) is 3.43. The van der Waals surface area contributed by atoms with Crippen molar-refractivity contribution >= 4 is 0 Å². The second-order valence-electron chi connectivity index (χ2n) is 5.20. The molecule has 0 aromatic carbocycles. The van der Waals surface area contributed by atoms with Crippen molar-refractivity contribution in [2.75, 3.05) is 33.4 Å². The van der Waals surface area contributed by atoms with E-state index in [-0.39, 0.29) is 0 Å². The van der Waals surface area contributed by atoms with Crippen LogP contribution in [0, 0.1) is 5.92 Å². The number of rotatable bonds is 6. The molecule has 0 radical (unpaired) electrons. The molecule has 0 aliphatic carbocycles. The summed E-state index contributed by atoms with van der Waals surface area (Å²) in [6, 6.07) is 4.77. The Morgan fingerprint density at radius 1 is 1.42 bits per heavy atom. The summed E-state index contributed by atoms with van der Waals surface area (Å²) >= 11 is 0. The number of nitrogens with zero attached hydrogens (tertiary/aromatic N) is 2. The molecule has 1 aromatic rings. The summed E-state index contributed by atoms with van der Waals surface area (Å²) in [6.45, 7) is 7.13. The van der Waals surface area contributed by atoms with E-state index in [1.54, 1.807) is 0 Å². The van der Waals surface area contributed by atoms with Gasteiger partial charge in [-0.2, -0.15) is 0 Å². The van der Waals surface area contributed by atoms with Crippen molar-refractivity contribution in [1.82, 2.24) is 15.2 Å². The summed E-state index contributed by atoms with van der Waals surface area (Å²) in [5.74, 6) is 0.584. The van der Waals surface area contributed by atoms with Crippen LogP contribution >= 0.6 is 0 Å². The maximum absolute atomic E-state index is 5.63. The molecule has 1 saturated heterocycles. The zero-order valence-corrected chi connectivity index (χ0v) is 12.0. The van der Waals surface area contributed by atoms with Gasteiger partial charge in [-0.05, 0) is 37.7 Å².